The number of hydrogen-bond acceptors (Lipinski definition) is 2. The van der Waals surface area contributed by atoms with Crippen LogP contribution in [0.25, 0.3) is 0 Å². The summed E-state index contributed by atoms with van der Waals surface area (Å²) in [4.78, 5) is 11.3. The van der Waals surface area contributed by atoms with Crippen LogP contribution in [0.1, 0.15) is 18.4 Å². The highest BCUT2D eigenvalue weighted by Crippen LogP contribution is 2.17. The predicted molar refractivity (Wildman–Crippen MR) is 53.3 cm³/mol. The molecule has 0 aliphatic heterocycles. The lowest BCUT2D eigenvalue weighted by molar-refractivity contribution is -0.121. The minimum atomic E-state index is -0.145. The highest BCUT2D eigenvalue weighted by molar-refractivity contribution is 5.83. The van der Waals surface area contributed by atoms with Crippen LogP contribution in [-0.4, -0.2) is 13.0 Å². The molecule has 0 spiro atoms. The zero-order valence-corrected chi connectivity index (χ0v) is 7.87. The third-order valence-corrected chi connectivity index (χ3v) is 2.05. The Kier molecular flexibility index (Phi) is 2.90. The third-order valence-electron chi connectivity index (χ3n) is 2.05. The second-order valence-electron chi connectivity index (χ2n) is 3.01. The van der Waals surface area contributed by atoms with Crippen LogP contribution in [0.4, 0.5) is 5.69 Å². The molecule has 3 heteroatoms. The summed E-state index contributed by atoms with van der Waals surface area (Å²) in [6.45, 7) is 1.85. The van der Waals surface area contributed by atoms with Crippen LogP contribution in [0, 0.1) is 0 Å². The molecule has 70 valence electrons. The Morgan fingerprint density at radius 2 is 2.23 bits per heavy atom. The van der Waals surface area contributed by atoms with Gasteiger partial charge < -0.3 is 11.1 Å². The zero-order chi connectivity index (χ0) is 9.84. The van der Waals surface area contributed by atoms with Crippen LogP contribution in [0.3, 0.4) is 0 Å². The van der Waals surface area contributed by atoms with Crippen molar-refractivity contribution in [1.29, 1.82) is 0 Å². The lowest BCUT2D eigenvalue weighted by Crippen LogP contribution is -2.23. The van der Waals surface area contributed by atoms with Crippen LogP contribution < -0.4 is 11.1 Å². The second-order valence-corrected chi connectivity index (χ2v) is 3.01. The highest BCUT2D eigenvalue weighted by atomic mass is 16.1. The Morgan fingerprint density at radius 1 is 1.54 bits per heavy atom. The summed E-state index contributed by atoms with van der Waals surface area (Å²) in [5.74, 6) is -0.140. The van der Waals surface area contributed by atoms with Crippen molar-refractivity contribution < 1.29 is 4.79 Å². The zero-order valence-electron chi connectivity index (χ0n) is 7.87. The van der Waals surface area contributed by atoms with Gasteiger partial charge in [0.05, 0.1) is 5.92 Å². The van der Waals surface area contributed by atoms with Crippen LogP contribution >= 0.6 is 0 Å². The Balaban J connectivity index is 2.88. The fourth-order valence-electron chi connectivity index (χ4n) is 1.20. The van der Waals surface area contributed by atoms with Gasteiger partial charge >= 0.3 is 0 Å². The van der Waals surface area contributed by atoms with Crippen LogP contribution in [0.2, 0.25) is 0 Å². The van der Waals surface area contributed by atoms with Gasteiger partial charge in [0.1, 0.15) is 0 Å². The number of nitrogens with two attached hydrogens (primary N) is 1. The summed E-state index contributed by atoms with van der Waals surface area (Å²) in [5.41, 5.74) is 7.24. The first-order chi connectivity index (χ1) is 6.15. The molecule has 1 unspecified atom stereocenters. The molecule has 1 amide bonds. The number of hydrogen-bond donors (Lipinski definition) is 2. The van der Waals surface area contributed by atoms with E-state index in [1.807, 2.05) is 25.1 Å². The van der Waals surface area contributed by atoms with E-state index in [1.165, 1.54) is 0 Å². The van der Waals surface area contributed by atoms with Gasteiger partial charge in [-0.25, -0.2) is 0 Å². The fourth-order valence-corrected chi connectivity index (χ4v) is 1.20. The fraction of sp³-hybridized carbons (Fsp3) is 0.300. The Morgan fingerprint density at radius 3 is 2.77 bits per heavy atom. The molecule has 0 saturated heterocycles. The summed E-state index contributed by atoms with van der Waals surface area (Å²) in [6.07, 6.45) is 0. The largest absolute Gasteiger partial charge is 0.399 e. The molecule has 1 rings (SSSR count). The van der Waals surface area contributed by atoms with E-state index < -0.39 is 0 Å². The molecule has 0 aliphatic rings. The summed E-state index contributed by atoms with van der Waals surface area (Å²) in [6, 6.07) is 7.38. The topological polar surface area (TPSA) is 55.1 Å². The molecular weight excluding hydrogens is 164 g/mol. The van der Waals surface area contributed by atoms with Gasteiger partial charge in [0, 0.05) is 12.7 Å². The van der Waals surface area contributed by atoms with E-state index in [4.69, 9.17) is 5.73 Å². The van der Waals surface area contributed by atoms with Gasteiger partial charge in [-0.2, -0.15) is 0 Å². The van der Waals surface area contributed by atoms with Crippen LogP contribution in [0.5, 0.6) is 0 Å². The minimum absolute atomic E-state index is 0.00519. The van der Waals surface area contributed by atoms with Crippen molar-refractivity contribution in [2.75, 3.05) is 12.8 Å². The molecule has 0 aromatic heterocycles. The van der Waals surface area contributed by atoms with Gasteiger partial charge in [-0.15, -0.1) is 0 Å². The standard InChI is InChI=1S/C10H14N2O/c1-7(10(13)12-2)8-4-3-5-9(11)6-8/h3-7H,11H2,1-2H3,(H,12,13). The number of benzene rings is 1. The Labute approximate surface area is 77.9 Å². The molecule has 1 aromatic rings. The molecule has 3 N–H and O–H groups in total. The number of rotatable bonds is 2. The van der Waals surface area contributed by atoms with E-state index in [-0.39, 0.29) is 11.8 Å². The van der Waals surface area contributed by atoms with Crippen molar-refractivity contribution in [3.05, 3.63) is 29.8 Å². The second kappa shape index (κ2) is 3.94. The molecule has 0 saturated carbocycles. The van der Waals surface area contributed by atoms with Crippen LogP contribution in [0.15, 0.2) is 24.3 Å². The summed E-state index contributed by atoms with van der Waals surface area (Å²) in [5, 5.41) is 2.60. The van der Waals surface area contributed by atoms with Gasteiger partial charge in [-0.05, 0) is 24.6 Å². The number of likely N-dealkylation sites (N-methyl/N-ethyl adjacent to an activating group) is 1. The lowest BCUT2D eigenvalue weighted by atomic mass is 10.00. The van der Waals surface area contributed by atoms with Gasteiger partial charge in [0.25, 0.3) is 0 Å². The maximum absolute atomic E-state index is 11.3. The van der Waals surface area contributed by atoms with Gasteiger partial charge in [-0.3, -0.25) is 4.79 Å². The van der Waals surface area contributed by atoms with Gasteiger partial charge in [0.2, 0.25) is 5.91 Å². The smallest absolute Gasteiger partial charge is 0.227 e. The predicted octanol–water partition coefficient (Wildman–Crippen LogP) is 1.12. The van der Waals surface area contributed by atoms with Crippen molar-refractivity contribution >= 4 is 11.6 Å². The SMILES string of the molecule is CNC(=O)C(C)c1cccc(N)c1. The summed E-state index contributed by atoms with van der Waals surface area (Å²) >= 11 is 0. The molecule has 1 atom stereocenters. The monoisotopic (exact) mass is 178 g/mol. The number of anilines is 1. The van der Waals surface area contributed by atoms with Gasteiger partial charge in [-0.1, -0.05) is 12.1 Å². The van der Waals surface area contributed by atoms with E-state index in [2.05, 4.69) is 5.32 Å². The Bertz CT molecular complexity index is 310. The van der Waals surface area contributed by atoms with Gasteiger partial charge in [0.15, 0.2) is 0 Å². The average Bonchev–Trinajstić information content (AvgIpc) is 2.15. The molecule has 13 heavy (non-hydrogen) atoms. The van der Waals surface area contributed by atoms with Crippen molar-refractivity contribution in [2.45, 2.75) is 12.8 Å². The molecular formula is C10H14N2O. The van der Waals surface area contributed by atoms with E-state index in [9.17, 15) is 4.79 Å². The molecule has 3 nitrogen and oxygen atoms in total. The molecule has 0 bridgehead atoms. The average molecular weight is 178 g/mol. The van der Waals surface area contributed by atoms with E-state index >= 15 is 0 Å². The number of nitrogens with one attached hydrogen (secondary N) is 1. The van der Waals surface area contributed by atoms with E-state index in [1.54, 1.807) is 13.1 Å². The Hall–Kier alpha value is -1.51. The van der Waals surface area contributed by atoms with E-state index in [0.717, 1.165) is 5.56 Å². The highest BCUT2D eigenvalue weighted by Gasteiger charge is 2.12. The van der Waals surface area contributed by atoms with Crippen molar-refractivity contribution in [3.8, 4) is 0 Å². The lowest BCUT2D eigenvalue weighted by Gasteiger charge is -2.10. The first-order valence-corrected chi connectivity index (χ1v) is 4.22. The summed E-state index contributed by atoms with van der Waals surface area (Å²) in [7, 11) is 1.63. The molecule has 1 aromatic carbocycles. The van der Waals surface area contributed by atoms with E-state index in [0.29, 0.717) is 5.69 Å². The maximum atomic E-state index is 11.3. The van der Waals surface area contributed by atoms with Crippen molar-refractivity contribution in [3.63, 3.8) is 0 Å². The molecule has 0 fully saturated rings. The first kappa shape index (κ1) is 9.58. The first-order valence-electron chi connectivity index (χ1n) is 4.22. The molecule has 0 radical (unpaired) electrons. The van der Waals surface area contributed by atoms with Crippen LogP contribution in [-0.2, 0) is 4.79 Å². The number of nitrogen functional groups attached to an aromatic ring is 1. The van der Waals surface area contributed by atoms with Crippen molar-refractivity contribution in [1.82, 2.24) is 5.32 Å². The number of amides is 1. The maximum Gasteiger partial charge on any atom is 0.227 e. The number of carbonyl (C=O) groups is 1. The molecule has 0 aliphatic carbocycles. The quantitative estimate of drug-likeness (QED) is 0.667. The summed E-state index contributed by atoms with van der Waals surface area (Å²) < 4.78 is 0. The molecule has 0 heterocycles. The third kappa shape index (κ3) is 2.21. The van der Waals surface area contributed by atoms with Crippen molar-refractivity contribution in [2.24, 2.45) is 0 Å². The minimum Gasteiger partial charge on any atom is -0.399 e. The number of carbonyl (C=O) groups excluding carboxylic acids is 1. The normalized spacial score (nSPS) is 12.2.